The third-order valence-electron chi connectivity index (χ3n) is 3.95. The van der Waals surface area contributed by atoms with Gasteiger partial charge in [-0.2, -0.15) is 0 Å². The van der Waals surface area contributed by atoms with Gasteiger partial charge in [0.25, 0.3) is 0 Å². The fourth-order valence-corrected chi connectivity index (χ4v) is 2.40. The summed E-state index contributed by atoms with van der Waals surface area (Å²) >= 11 is 0. The molecule has 0 unspecified atom stereocenters. The average Bonchev–Trinajstić information content (AvgIpc) is 3.37. The molecule has 0 N–H and O–H groups in total. The Morgan fingerprint density at radius 1 is 0.739 bits per heavy atom. The number of rotatable bonds is 6. The zero-order chi connectivity index (χ0) is 16.1. The molecule has 0 amide bonds. The quantitative estimate of drug-likeness (QED) is 0.768. The molecule has 4 nitrogen and oxygen atoms in total. The predicted octanol–water partition coefficient (Wildman–Crippen LogP) is 3.34. The number of hydrogen-bond acceptors (Lipinski definition) is 4. The van der Waals surface area contributed by atoms with Crippen LogP contribution in [0.5, 0.6) is 0 Å². The first-order valence-corrected chi connectivity index (χ1v) is 7.68. The van der Waals surface area contributed by atoms with Gasteiger partial charge in [-0.15, -0.1) is 0 Å². The van der Waals surface area contributed by atoms with Gasteiger partial charge in [-0.25, -0.2) is 9.59 Å². The van der Waals surface area contributed by atoms with Crippen molar-refractivity contribution in [3.8, 4) is 0 Å². The highest BCUT2D eigenvalue weighted by atomic mass is 16.5. The van der Waals surface area contributed by atoms with Gasteiger partial charge in [0.05, 0.1) is 24.3 Å². The second kappa shape index (κ2) is 7.09. The lowest BCUT2D eigenvalue weighted by Gasteiger charge is -2.06. The van der Waals surface area contributed by atoms with E-state index in [-0.39, 0.29) is 23.8 Å². The maximum atomic E-state index is 11.8. The number of esters is 2. The van der Waals surface area contributed by atoms with Crippen LogP contribution in [-0.4, -0.2) is 25.2 Å². The molecular formula is C19H18O4. The molecule has 0 radical (unpaired) electrons. The van der Waals surface area contributed by atoms with E-state index in [1.165, 1.54) is 0 Å². The SMILES string of the molecule is O=C(OC[C@H]1C[C@@H]1COC(=O)c1ccccc1)c1ccccc1. The van der Waals surface area contributed by atoms with E-state index in [4.69, 9.17) is 9.47 Å². The molecule has 0 aliphatic heterocycles. The Kier molecular flexibility index (Phi) is 4.71. The van der Waals surface area contributed by atoms with Gasteiger partial charge in [0.1, 0.15) is 0 Å². The second-order valence-corrected chi connectivity index (χ2v) is 5.68. The monoisotopic (exact) mass is 310 g/mol. The number of ether oxygens (including phenoxy) is 2. The molecule has 0 spiro atoms. The van der Waals surface area contributed by atoms with E-state index >= 15 is 0 Å². The van der Waals surface area contributed by atoms with Crippen molar-refractivity contribution in [1.82, 2.24) is 0 Å². The van der Waals surface area contributed by atoms with Crippen LogP contribution in [0.25, 0.3) is 0 Å². The molecule has 2 aromatic rings. The smallest absolute Gasteiger partial charge is 0.338 e. The van der Waals surface area contributed by atoms with E-state index in [9.17, 15) is 9.59 Å². The molecule has 0 bridgehead atoms. The Hall–Kier alpha value is -2.62. The Morgan fingerprint density at radius 2 is 1.13 bits per heavy atom. The largest absolute Gasteiger partial charge is 0.462 e. The van der Waals surface area contributed by atoms with Crippen LogP contribution in [0.15, 0.2) is 60.7 Å². The molecule has 2 atom stereocenters. The minimum atomic E-state index is -0.308. The Labute approximate surface area is 135 Å². The van der Waals surface area contributed by atoms with Gasteiger partial charge in [-0.3, -0.25) is 0 Å². The summed E-state index contributed by atoms with van der Waals surface area (Å²) in [5.74, 6) is -0.0486. The van der Waals surface area contributed by atoms with Crippen LogP contribution >= 0.6 is 0 Å². The van der Waals surface area contributed by atoms with Crippen molar-refractivity contribution >= 4 is 11.9 Å². The van der Waals surface area contributed by atoms with E-state index in [1.807, 2.05) is 12.1 Å². The third-order valence-corrected chi connectivity index (χ3v) is 3.95. The highest BCUT2D eigenvalue weighted by molar-refractivity contribution is 5.89. The summed E-state index contributed by atoms with van der Waals surface area (Å²) in [4.78, 5) is 23.7. The summed E-state index contributed by atoms with van der Waals surface area (Å²) in [6.45, 7) is 0.753. The average molecular weight is 310 g/mol. The molecular weight excluding hydrogens is 292 g/mol. The van der Waals surface area contributed by atoms with Crippen LogP contribution in [0, 0.1) is 11.8 Å². The summed E-state index contributed by atoms with van der Waals surface area (Å²) < 4.78 is 10.6. The first kappa shape index (κ1) is 15.3. The van der Waals surface area contributed by atoms with Gasteiger partial charge in [0, 0.05) is 0 Å². The van der Waals surface area contributed by atoms with Crippen molar-refractivity contribution < 1.29 is 19.1 Å². The van der Waals surface area contributed by atoms with E-state index in [1.54, 1.807) is 48.5 Å². The van der Waals surface area contributed by atoms with Crippen LogP contribution < -0.4 is 0 Å². The highest BCUT2D eigenvalue weighted by Gasteiger charge is 2.39. The lowest BCUT2D eigenvalue weighted by Crippen LogP contribution is -2.11. The maximum Gasteiger partial charge on any atom is 0.338 e. The number of carbonyl (C=O) groups is 2. The highest BCUT2D eigenvalue weighted by Crippen LogP contribution is 2.39. The van der Waals surface area contributed by atoms with Crippen LogP contribution in [0.1, 0.15) is 27.1 Å². The van der Waals surface area contributed by atoms with E-state index in [2.05, 4.69) is 0 Å². The maximum absolute atomic E-state index is 11.8. The predicted molar refractivity (Wildman–Crippen MR) is 85.0 cm³/mol. The minimum Gasteiger partial charge on any atom is -0.462 e. The van der Waals surface area contributed by atoms with Crippen LogP contribution in [0.3, 0.4) is 0 Å². The van der Waals surface area contributed by atoms with E-state index < -0.39 is 0 Å². The summed E-state index contributed by atoms with van der Waals surface area (Å²) in [6.07, 6.45) is 0.921. The zero-order valence-corrected chi connectivity index (χ0v) is 12.7. The molecule has 1 saturated carbocycles. The fourth-order valence-electron chi connectivity index (χ4n) is 2.40. The standard InChI is InChI=1S/C19H18O4/c20-18(14-7-3-1-4-8-14)22-12-16-11-17(16)13-23-19(21)15-9-5-2-6-10-15/h1-10,16-17H,11-13H2/t16-,17-/m1/s1. The van der Waals surface area contributed by atoms with Crippen molar-refractivity contribution in [3.63, 3.8) is 0 Å². The summed E-state index contributed by atoms with van der Waals surface area (Å²) in [7, 11) is 0. The molecule has 23 heavy (non-hydrogen) atoms. The topological polar surface area (TPSA) is 52.6 Å². The summed E-state index contributed by atoms with van der Waals surface area (Å²) in [5.41, 5.74) is 1.11. The van der Waals surface area contributed by atoms with Gasteiger partial charge < -0.3 is 9.47 Å². The molecule has 118 valence electrons. The fraction of sp³-hybridized carbons (Fsp3) is 0.263. The van der Waals surface area contributed by atoms with Gasteiger partial charge in [0.15, 0.2) is 0 Å². The number of carbonyl (C=O) groups excluding carboxylic acids is 2. The lowest BCUT2D eigenvalue weighted by atomic mass is 10.2. The van der Waals surface area contributed by atoms with Gasteiger partial charge >= 0.3 is 11.9 Å². The first-order valence-electron chi connectivity index (χ1n) is 7.68. The Morgan fingerprint density at radius 3 is 1.52 bits per heavy atom. The molecule has 0 heterocycles. The molecule has 3 rings (SSSR count). The van der Waals surface area contributed by atoms with Crippen LogP contribution in [0.4, 0.5) is 0 Å². The minimum absolute atomic E-state index is 0.284. The van der Waals surface area contributed by atoms with Crippen molar-refractivity contribution in [1.29, 1.82) is 0 Å². The second-order valence-electron chi connectivity index (χ2n) is 5.68. The van der Waals surface area contributed by atoms with Crippen molar-refractivity contribution in [2.24, 2.45) is 11.8 Å². The zero-order valence-electron chi connectivity index (χ0n) is 12.7. The van der Waals surface area contributed by atoms with Gasteiger partial charge in [-0.05, 0) is 42.5 Å². The first-order chi connectivity index (χ1) is 11.2. The molecule has 1 aliphatic rings. The molecule has 0 saturated heterocycles. The van der Waals surface area contributed by atoms with Crippen LogP contribution in [0.2, 0.25) is 0 Å². The molecule has 2 aromatic carbocycles. The molecule has 1 aliphatic carbocycles. The van der Waals surface area contributed by atoms with Gasteiger partial charge in [0.2, 0.25) is 0 Å². The van der Waals surface area contributed by atoms with Crippen molar-refractivity contribution in [2.45, 2.75) is 6.42 Å². The Balaban J connectivity index is 1.37. The Bertz CT molecular complexity index is 607. The van der Waals surface area contributed by atoms with E-state index in [0.717, 1.165) is 6.42 Å². The van der Waals surface area contributed by atoms with E-state index in [0.29, 0.717) is 24.3 Å². The van der Waals surface area contributed by atoms with Crippen molar-refractivity contribution in [2.75, 3.05) is 13.2 Å². The lowest BCUT2D eigenvalue weighted by molar-refractivity contribution is 0.0419. The number of benzene rings is 2. The number of hydrogen-bond donors (Lipinski definition) is 0. The van der Waals surface area contributed by atoms with Crippen molar-refractivity contribution in [3.05, 3.63) is 71.8 Å². The van der Waals surface area contributed by atoms with Gasteiger partial charge in [-0.1, -0.05) is 36.4 Å². The molecule has 0 aromatic heterocycles. The molecule has 4 heteroatoms. The normalized spacial score (nSPS) is 19.0. The summed E-state index contributed by atoms with van der Waals surface area (Å²) in [5, 5.41) is 0. The third kappa shape index (κ3) is 4.19. The molecule has 1 fully saturated rings. The van der Waals surface area contributed by atoms with Crippen LogP contribution in [-0.2, 0) is 9.47 Å². The summed E-state index contributed by atoms with van der Waals surface area (Å²) in [6, 6.07) is 17.9.